The maximum atomic E-state index is 12.2. The number of phenolic OH excluding ortho intramolecular Hbond substituents is 1. The number of aromatic hydroxyl groups is 1. The van der Waals surface area contributed by atoms with Crippen molar-refractivity contribution in [2.45, 2.75) is 6.92 Å². The summed E-state index contributed by atoms with van der Waals surface area (Å²) in [5.74, 6) is 0.259. The van der Waals surface area contributed by atoms with Gasteiger partial charge >= 0.3 is 5.97 Å². The summed E-state index contributed by atoms with van der Waals surface area (Å²) in [6, 6.07) is 15.8. The summed E-state index contributed by atoms with van der Waals surface area (Å²) in [6.45, 7) is 1.84. The maximum absolute atomic E-state index is 12.2. The fourth-order valence-electron chi connectivity index (χ4n) is 2.54. The molecule has 1 aliphatic heterocycles. The third-order valence-corrected chi connectivity index (χ3v) is 3.67. The van der Waals surface area contributed by atoms with E-state index in [-0.39, 0.29) is 17.9 Å². The Morgan fingerprint density at radius 1 is 1.24 bits per heavy atom. The molecule has 3 rings (SSSR count). The third kappa shape index (κ3) is 3.24. The van der Waals surface area contributed by atoms with Crippen molar-refractivity contribution >= 4 is 17.3 Å². The molecule has 0 saturated carbocycles. The molecular weight excluding hydrogens is 318 g/mol. The molecule has 5 nitrogen and oxygen atoms in total. The van der Waals surface area contributed by atoms with E-state index < -0.39 is 5.97 Å². The Labute approximate surface area is 145 Å². The summed E-state index contributed by atoms with van der Waals surface area (Å²) in [5.41, 5.74) is 1.49. The number of fused-ring (bicyclic) bond motifs is 1. The van der Waals surface area contributed by atoms with Crippen LogP contribution in [0.15, 0.2) is 60.2 Å². The maximum Gasteiger partial charge on any atom is 0.349 e. The van der Waals surface area contributed by atoms with Crippen molar-refractivity contribution in [3.63, 3.8) is 0 Å². The van der Waals surface area contributed by atoms with Gasteiger partial charge in [0, 0.05) is 16.7 Å². The Kier molecular flexibility index (Phi) is 4.53. The molecule has 0 amide bonds. The van der Waals surface area contributed by atoms with Gasteiger partial charge < -0.3 is 14.6 Å². The quantitative estimate of drug-likeness (QED) is 0.527. The number of allylic oxidation sites excluding steroid dienone is 2. The molecule has 124 valence electrons. The summed E-state index contributed by atoms with van der Waals surface area (Å²) in [7, 11) is 0. The molecule has 0 fully saturated rings. The highest BCUT2D eigenvalue weighted by Gasteiger charge is 2.25. The van der Waals surface area contributed by atoms with Crippen LogP contribution in [0.3, 0.4) is 0 Å². The van der Waals surface area contributed by atoms with Gasteiger partial charge in [-0.1, -0.05) is 30.3 Å². The highest BCUT2D eigenvalue weighted by molar-refractivity contribution is 6.06. The van der Waals surface area contributed by atoms with Gasteiger partial charge in [-0.2, -0.15) is 5.26 Å². The Bertz CT molecular complexity index is 920. The number of nitriles is 1. The molecule has 25 heavy (non-hydrogen) atoms. The normalized spacial score (nSPS) is 14.5. The molecule has 0 atom stereocenters. The van der Waals surface area contributed by atoms with Crippen molar-refractivity contribution in [1.29, 1.82) is 5.26 Å². The molecule has 0 unspecified atom stereocenters. The van der Waals surface area contributed by atoms with E-state index >= 15 is 0 Å². The number of ether oxygens (including phenoxy) is 2. The van der Waals surface area contributed by atoms with Crippen molar-refractivity contribution in [3.05, 3.63) is 71.3 Å². The Morgan fingerprint density at radius 2 is 2.00 bits per heavy atom. The van der Waals surface area contributed by atoms with E-state index in [4.69, 9.17) is 9.47 Å². The second-order valence-corrected chi connectivity index (χ2v) is 5.28. The highest BCUT2D eigenvalue weighted by atomic mass is 16.5. The van der Waals surface area contributed by atoms with Gasteiger partial charge in [0.15, 0.2) is 0 Å². The fraction of sp³-hybridized carbons (Fsp3) is 0.100. The SMILES string of the molecule is CCOC(=O)/C(C#N)=C1/C=C(c2ccccc2)Oc2ccc(O)cc21. The van der Waals surface area contributed by atoms with Crippen LogP contribution in [0.5, 0.6) is 11.5 Å². The van der Waals surface area contributed by atoms with E-state index in [9.17, 15) is 15.2 Å². The second-order valence-electron chi connectivity index (χ2n) is 5.28. The van der Waals surface area contributed by atoms with Gasteiger partial charge in [0.1, 0.15) is 28.9 Å². The first kappa shape index (κ1) is 16.3. The Balaban J connectivity index is 2.22. The predicted octanol–water partition coefficient (Wildman–Crippen LogP) is 3.67. The van der Waals surface area contributed by atoms with Crippen molar-refractivity contribution in [2.24, 2.45) is 0 Å². The molecular formula is C20H15NO4. The summed E-state index contributed by atoms with van der Waals surface area (Å²) < 4.78 is 10.9. The molecule has 1 aliphatic rings. The number of hydrogen-bond acceptors (Lipinski definition) is 5. The zero-order valence-electron chi connectivity index (χ0n) is 13.5. The molecule has 5 heteroatoms. The summed E-state index contributed by atoms with van der Waals surface area (Å²) in [5, 5.41) is 19.3. The van der Waals surface area contributed by atoms with Crippen molar-refractivity contribution in [3.8, 4) is 17.6 Å². The molecule has 1 N–H and O–H groups in total. The van der Waals surface area contributed by atoms with Gasteiger partial charge in [-0.15, -0.1) is 0 Å². The van der Waals surface area contributed by atoms with Crippen LogP contribution in [0.25, 0.3) is 11.3 Å². The first-order chi connectivity index (χ1) is 12.1. The van der Waals surface area contributed by atoms with Crippen molar-refractivity contribution in [1.82, 2.24) is 0 Å². The lowest BCUT2D eigenvalue weighted by molar-refractivity contribution is -0.137. The molecule has 2 aromatic rings. The van der Waals surface area contributed by atoms with Crippen LogP contribution in [0, 0.1) is 11.3 Å². The topological polar surface area (TPSA) is 79.6 Å². The second kappa shape index (κ2) is 6.93. The molecule has 0 spiro atoms. The van der Waals surface area contributed by atoms with E-state index in [0.29, 0.717) is 22.6 Å². The van der Waals surface area contributed by atoms with Crippen LogP contribution >= 0.6 is 0 Å². The van der Waals surface area contributed by atoms with Crippen LogP contribution in [0.1, 0.15) is 18.1 Å². The number of carbonyl (C=O) groups is 1. The Hall–Kier alpha value is -3.52. The third-order valence-electron chi connectivity index (χ3n) is 3.67. The van der Waals surface area contributed by atoms with E-state index in [1.807, 2.05) is 36.4 Å². The number of carbonyl (C=O) groups excluding carboxylic acids is 1. The minimum Gasteiger partial charge on any atom is -0.508 e. The summed E-state index contributed by atoms with van der Waals surface area (Å²) in [4.78, 5) is 12.2. The average molecular weight is 333 g/mol. The van der Waals surface area contributed by atoms with Crippen LogP contribution in [0.2, 0.25) is 0 Å². The van der Waals surface area contributed by atoms with E-state index in [1.165, 1.54) is 12.1 Å². The van der Waals surface area contributed by atoms with Gasteiger partial charge in [0.05, 0.1) is 6.61 Å². The van der Waals surface area contributed by atoms with Crippen molar-refractivity contribution < 1.29 is 19.4 Å². The number of hydrogen-bond donors (Lipinski definition) is 1. The van der Waals surface area contributed by atoms with E-state index in [2.05, 4.69) is 0 Å². The molecule has 0 radical (unpaired) electrons. The standard InChI is InChI=1S/C20H15NO4/c1-2-24-20(23)17(12-21)15-11-19(13-6-4-3-5-7-13)25-18-9-8-14(22)10-16(15)18/h3-11,22H,2H2,1H3/b17-15-. The van der Waals surface area contributed by atoms with Crippen LogP contribution in [0.4, 0.5) is 0 Å². The van der Waals surface area contributed by atoms with E-state index in [0.717, 1.165) is 5.56 Å². The number of rotatable bonds is 3. The number of benzene rings is 2. The zero-order chi connectivity index (χ0) is 17.8. The van der Waals surface area contributed by atoms with Gasteiger partial charge in [-0.3, -0.25) is 0 Å². The summed E-state index contributed by atoms with van der Waals surface area (Å²) >= 11 is 0. The highest BCUT2D eigenvalue weighted by Crippen LogP contribution is 2.40. The van der Waals surface area contributed by atoms with Crippen LogP contribution < -0.4 is 4.74 Å². The zero-order valence-corrected chi connectivity index (χ0v) is 13.5. The molecule has 0 aromatic heterocycles. The molecule has 1 heterocycles. The van der Waals surface area contributed by atoms with Crippen molar-refractivity contribution in [2.75, 3.05) is 6.61 Å². The number of nitrogens with zero attached hydrogens (tertiary/aromatic N) is 1. The molecule has 0 bridgehead atoms. The van der Waals surface area contributed by atoms with E-state index in [1.54, 1.807) is 19.1 Å². The van der Waals surface area contributed by atoms with Gasteiger partial charge in [-0.05, 0) is 31.2 Å². The first-order valence-corrected chi connectivity index (χ1v) is 7.74. The molecule has 2 aromatic carbocycles. The lowest BCUT2D eigenvalue weighted by Gasteiger charge is -2.21. The molecule has 0 aliphatic carbocycles. The number of esters is 1. The van der Waals surface area contributed by atoms with Gasteiger partial charge in [0.2, 0.25) is 0 Å². The summed E-state index contributed by atoms with van der Waals surface area (Å²) in [6.07, 6.45) is 1.62. The van der Waals surface area contributed by atoms with Crippen LogP contribution in [-0.2, 0) is 9.53 Å². The largest absolute Gasteiger partial charge is 0.508 e. The lowest BCUT2D eigenvalue weighted by atomic mass is 9.95. The minimum absolute atomic E-state index is 0.0116. The fourth-order valence-corrected chi connectivity index (χ4v) is 2.54. The molecule has 0 saturated heterocycles. The minimum atomic E-state index is -0.708. The first-order valence-electron chi connectivity index (χ1n) is 7.74. The van der Waals surface area contributed by atoms with Gasteiger partial charge in [0.25, 0.3) is 0 Å². The number of phenols is 1. The lowest BCUT2D eigenvalue weighted by Crippen LogP contribution is -2.11. The Morgan fingerprint density at radius 3 is 2.68 bits per heavy atom. The van der Waals surface area contributed by atoms with Crippen LogP contribution in [-0.4, -0.2) is 17.7 Å². The predicted molar refractivity (Wildman–Crippen MR) is 92.3 cm³/mol. The van der Waals surface area contributed by atoms with Gasteiger partial charge in [-0.25, -0.2) is 4.79 Å². The average Bonchev–Trinajstić information content (AvgIpc) is 2.63. The monoisotopic (exact) mass is 333 g/mol. The smallest absolute Gasteiger partial charge is 0.349 e.